The van der Waals surface area contributed by atoms with Crippen LogP contribution in [0, 0.1) is 5.92 Å². The van der Waals surface area contributed by atoms with Gasteiger partial charge < -0.3 is 19.7 Å². The molecule has 148 valence electrons. The summed E-state index contributed by atoms with van der Waals surface area (Å²) in [6.45, 7) is 6.45. The molecule has 1 aliphatic carbocycles. The lowest BCUT2D eigenvalue weighted by Gasteiger charge is -2.39. The summed E-state index contributed by atoms with van der Waals surface area (Å²) in [6, 6.07) is 13.3. The molecule has 0 radical (unpaired) electrons. The summed E-state index contributed by atoms with van der Waals surface area (Å²) in [5, 5.41) is 3.80. The van der Waals surface area contributed by atoms with Crippen molar-refractivity contribution >= 4 is 11.4 Å². The summed E-state index contributed by atoms with van der Waals surface area (Å²) < 4.78 is 11.4. The molecule has 2 aliphatic rings. The maximum atomic E-state index is 5.69. The summed E-state index contributed by atoms with van der Waals surface area (Å²) in [7, 11) is 3.47. The fourth-order valence-corrected chi connectivity index (χ4v) is 4.81. The summed E-state index contributed by atoms with van der Waals surface area (Å²) in [4.78, 5) is 2.38. The number of ether oxygens (including phenoxy) is 2. The van der Waals surface area contributed by atoms with Crippen LogP contribution in [0.5, 0.6) is 11.5 Å². The van der Waals surface area contributed by atoms with E-state index >= 15 is 0 Å². The van der Waals surface area contributed by atoms with E-state index in [2.05, 4.69) is 60.5 Å². The van der Waals surface area contributed by atoms with E-state index in [0.29, 0.717) is 11.8 Å². The topological polar surface area (TPSA) is 33.7 Å². The predicted octanol–water partition coefficient (Wildman–Crippen LogP) is 5.38. The van der Waals surface area contributed by atoms with Crippen molar-refractivity contribution in [2.45, 2.75) is 32.2 Å². The van der Waals surface area contributed by atoms with Gasteiger partial charge in [-0.3, -0.25) is 0 Å². The Morgan fingerprint density at radius 2 is 1.64 bits per heavy atom. The molecule has 3 atom stereocenters. The largest absolute Gasteiger partial charge is 0.496 e. The van der Waals surface area contributed by atoms with Crippen molar-refractivity contribution in [1.82, 2.24) is 0 Å². The highest BCUT2D eigenvalue weighted by molar-refractivity contribution is 5.72. The standard InChI is InChI=1S/C24H30N2O2/c1-5-26(6-2)17-12-10-16(11-13-17)23-19-9-7-8-18(19)22-20(27-3)14-15-21(28-4)24(22)25-23/h7-8,10-15,18-19,23,25H,5-6,9H2,1-4H3. The zero-order chi connectivity index (χ0) is 19.7. The molecule has 1 aliphatic heterocycles. The van der Waals surface area contributed by atoms with Crippen LogP contribution in [-0.2, 0) is 0 Å². The quantitative estimate of drug-likeness (QED) is 0.685. The molecular formula is C24H30N2O2. The smallest absolute Gasteiger partial charge is 0.142 e. The Balaban J connectivity index is 1.73. The van der Waals surface area contributed by atoms with E-state index in [9.17, 15) is 0 Å². The Hall–Kier alpha value is -2.62. The highest BCUT2D eigenvalue weighted by atomic mass is 16.5. The van der Waals surface area contributed by atoms with Gasteiger partial charge in [0.2, 0.25) is 0 Å². The minimum atomic E-state index is 0.249. The molecule has 0 saturated carbocycles. The summed E-state index contributed by atoms with van der Waals surface area (Å²) in [5.41, 5.74) is 4.89. The van der Waals surface area contributed by atoms with Gasteiger partial charge in [-0.25, -0.2) is 0 Å². The number of anilines is 2. The van der Waals surface area contributed by atoms with E-state index in [4.69, 9.17) is 9.47 Å². The number of hydrogen-bond acceptors (Lipinski definition) is 4. The van der Waals surface area contributed by atoms with Crippen LogP contribution < -0.4 is 19.7 Å². The molecule has 2 aromatic rings. The minimum Gasteiger partial charge on any atom is -0.496 e. The molecule has 4 rings (SSSR count). The average Bonchev–Trinajstić information content (AvgIpc) is 3.23. The first kappa shape index (κ1) is 18.7. The lowest BCUT2D eigenvalue weighted by molar-refractivity contribution is 0.370. The van der Waals surface area contributed by atoms with Crippen molar-refractivity contribution in [3.63, 3.8) is 0 Å². The fourth-order valence-electron chi connectivity index (χ4n) is 4.81. The maximum absolute atomic E-state index is 5.69. The van der Waals surface area contributed by atoms with Gasteiger partial charge in [0.15, 0.2) is 0 Å². The predicted molar refractivity (Wildman–Crippen MR) is 116 cm³/mol. The van der Waals surface area contributed by atoms with Gasteiger partial charge in [-0.05, 0) is 56.0 Å². The summed E-state index contributed by atoms with van der Waals surface area (Å²) in [5.74, 6) is 2.63. The molecule has 3 unspecified atom stereocenters. The Bertz CT molecular complexity index is 856. The molecule has 0 aromatic heterocycles. The monoisotopic (exact) mass is 378 g/mol. The van der Waals surface area contributed by atoms with Crippen molar-refractivity contribution in [2.75, 3.05) is 37.5 Å². The van der Waals surface area contributed by atoms with Gasteiger partial charge in [0.25, 0.3) is 0 Å². The molecule has 1 heterocycles. The number of nitrogens with zero attached hydrogens (tertiary/aromatic N) is 1. The molecule has 2 aromatic carbocycles. The van der Waals surface area contributed by atoms with Crippen LogP contribution >= 0.6 is 0 Å². The third-order valence-corrected chi connectivity index (χ3v) is 6.26. The lowest BCUT2D eigenvalue weighted by atomic mass is 9.76. The minimum absolute atomic E-state index is 0.249. The second-order valence-corrected chi connectivity index (χ2v) is 7.50. The number of nitrogens with one attached hydrogen (secondary N) is 1. The van der Waals surface area contributed by atoms with Crippen LogP contribution in [0.4, 0.5) is 11.4 Å². The molecule has 0 fully saturated rings. The van der Waals surface area contributed by atoms with Gasteiger partial charge in [0, 0.05) is 30.3 Å². The molecular weight excluding hydrogens is 348 g/mol. The van der Waals surface area contributed by atoms with Gasteiger partial charge in [-0.2, -0.15) is 0 Å². The van der Waals surface area contributed by atoms with Crippen molar-refractivity contribution < 1.29 is 9.47 Å². The van der Waals surface area contributed by atoms with Crippen LogP contribution in [0.3, 0.4) is 0 Å². The van der Waals surface area contributed by atoms with E-state index in [-0.39, 0.29) is 6.04 Å². The van der Waals surface area contributed by atoms with Crippen LogP contribution in [0.15, 0.2) is 48.6 Å². The molecule has 0 bridgehead atoms. The SMILES string of the molecule is CCN(CC)c1ccc(C2Nc3c(OC)ccc(OC)c3C3C=CCC32)cc1. The van der Waals surface area contributed by atoms with E-state index in [1.54, 1.807) is 14.2 Å². The fraction of sp³-hybridized carbons (Fsp3) is 0.417. The highest BCUT2D eigenvalue weighted by Gasteiger charge is 2.40. The number of hydrogen-bond donors (Lipinski definition) is 1. The summed E-state index contributed by atoms with van der Waals surface area (Å²) >= 11 is 0. The Morgan fingerprint density at radius 1 is 0.964 bits per heavy atom. The first-order valence-corrected chi connectivity index (χ1v) is 10.2. The van der Waals surface area contributed by atoms with Crippen LogP contribution in [0.2, 0.25) is 0 Å². The maximum Gasteiger partial charge on any atom is 0.142 e. The average molecular weight is 379 g/mol. The van der Waals surface area contributed by atoms with Crippen molar-refractivity contribution in [1.29, 1.82) is 0 Å². The van der Waals surface area contributed by atoms with E-state index in [1.807, 2.05) is 12.1 Å². The molecule has 4 nitrogen and oxygen atoms in total. The molecule has 0 saturated heterocycles. The van der Waals surface area contributed by atoms with Gasteiger partial charge in [-0.1, -0.05) is 24.3 Å². The zero-order valence-corrected chi connectivity index (χ0v) is 17.2. The van der Waals surface area contributed by atoms with Gasteiger partial charge in [-0.15, -0.1) is 0 Å². The number of rotatable bonds is 6. The molecule has 28 heavy (non-hydrogen) atoms. The Kier molecular flexibility index (Phi) is 5.21. The first-order valence-electron chi connectivity index (χ1n) is 10.2. The number of methoxy groups -OCH3 is 2. The Labute approximate surface area is 168 Å². The van der Waals surface area contributed by atoms with E-state index < -0.39 is 0 Å². The highest BCUT2D eigenvalue weighted by Crippen LogP contribution is 2.55. The first-order chi connectivity index (χ1) is 13.7. The molecule has 0 amide bonds. The van der Waals surface area contributed by atoms with Gasteiger partial charge >= 0.3 is 0 Å². The summed E-state index contributed by atoms with van der Waals surface area (Å²) in [6.07, 6.45) is 5.71. The number of fused-ring (bicyclic) bond motifs is 3. The van der Waals surface area contributed by atoms with Gasteiger partial charge in [0.1, 0.15) is 11.5 Å². The zero-order valence-electron chi connectivity index (χ0n) is 17.2. The van der Waals surface area contributed by atoms with Crippen LogP contribution in [-0.4, -0.2) is 27.3 Å². The molecule has 4 heteroatoms. The van der Waals surface area contributed by atoms with Crippen molar-refractivity contribution in [3.05, 3.63) is 59.7 Å². The normalized spacial score (nSPS) is 22.2. The van der Waals surface area contributed by atoms with Crippen LogP contribution in [0.25, 0.3) is 0 Å². The third kappa shape index (κ3) is 3.01. The van der Waals surface area contributed by atoms with Crippen LogP contribution in [0.1, 0.15) is 43.4 Å². The van der Waals surface area contributed by atoms with Crippen molar-refractivity contribution in [2.24, 2.45) is 5.92 Å². The van der Waals surface area contributed by atoms with Crippen molar-refractivity contribution in [3.8, 4) is 11.5 Å². The van der Waals surface area contributed by atoms with E-state index in [0.717, 1.165) is 36.7 Å². The second-order valence-electron chi connectivity index (χ2n) is 7.50. The third-order valence-electron chi connectivity index (χ3n) is 6.26. The number of benzene rings is 2. The lowest BCUT2D eigenvalue weighted by Crippen LogP contribution is -2.30. The van der Waals surface area contributed by atoms with Gasteiger partial charge in [0.05, 0.1) is 25.9 Å². The Morgan fingerprint density at radius 3 is 2.29 bits per heavy atom. The second kappa shape index (κ2) is 7.78. The molecule has 1 N–H and O–H groups in total. The van der Waals surface area contributed by atoms with E-state index in [1.165, 1.54) is 16.8 Å². The molecule has 0 spiro atoms. The number of allylic oxidation sites excluding steroid dienone is 2.